The number of ether oxygens (including phenoxy) is 1. The highest BCUT2D eigenvalue weighted by atomic mass is 16.5. The minimum atomic E-state index is 0.694. The summed E-state index contributed by atoms with van der Waals surface area (Å²) in [6, 6.07) is 7.92. The number of likely N-dealkylation sites (tertiary alicyclic amines) is 1. The Hall–Kier alpha value is -1.51. The van der Waals surface area contributed by atoms with Crippen LogP contribution in [0.25, 0.3) is 0 Å². The Bertz CT molecular complexity index is 370. The lowest BCUT2D eigenvalue weighted by atomic mass is 10.1. The van der Waals surface area contributed by atoms with Gasteiger partial charge in [-0.3, -0.25) is 0 Å². The Morgan fingerprint density at radius 3 is 2.88 bits per heavy atom. The average molecular weight is 232 g/mol. The van der Waals surface area contributed by atoms with Gasteiger partial charge in [0.1, 0.15) is 5.75 Å². The van der Waals surface area contributed by atoms with Crippen LogP contribution in [0.4, 0.5) is 5.69 Å². The van der Waals surface area contributed by atoms with Crippen molar-refractivity contribution in [1.29, 1.82) is 0 Å². The Balaban J connectivity index is 1.96. The summed E-state index contributed by atoms with van der Waals surface area (Å²) in [5.41, 5.74) is 0.960. The van der Waals surface area contributed by atoms with Crippen LogP contribution in [0.5, 0.6) is 5.75 Å². The molecule has 0 spiro atoms. The molecule has 1 saturated heterocycles. The van der Waals surface area contributed by atoms with Gasteiger partial charge in [-0.1, -0.05) is 6.07 Å². The monoisotopic (exact) mass is 232 g/mol. The van der Waals surface area contributed by atoms with Crippen molar-refractivity contribution < 1.29 is 4.74 Å². The normalized spacial score (nSPS) is 16.4. The van der Waals surface area contributed by atoms with E-state index in [1.54, 1.807) is 0 Å². The molecule has 2 rings (SSSR count). The van der Waals surface area contributed by atoms with Crippen LogP contribution < -0.4 is 4.74 Å². The molecule has 1 aliphatic rings. The summed E-state index contributed by atoms with van der Waals surface area (Å²) < 4.78 is 5.45. The van der Waals surface area contributed by atoms with Gasteiger partial charge in [-0.15, -0.1) is 0 Å². The minimum Gasteiger partial charge on any atom is -0.494 e. The minimum absolute atomic E-state index is 0.694. The molecule has 17 heavy (non-hydrogen) atoms. The molecule has 0 saturated carbocycles. The van der Waals surface area contributed by atoms with Crippen LogP contribution >= 0.6 is 0 Å². The largest absolute Gasteiger partial charge is 0.494 e. The third-order valence-electron chi connectivity index (χ3n) is 2.89. The van der Waals surface area contributed by atoms with Crippen molar-refractivity contribution in [1.82, 2.24) is 4.90 Å². The molecule has 0 aromatic heterocycles. The first-order valence-electron chi connectivity index (χ1n) is 6.39. The molecule has 1 aromatic carbocycles. The maximum absolute atomic E-state index is 5.45. The molecular weight excluding hydrogens is 212 g/mol. The molecule has 0 unspecified atom stereocenters. The fraction of sp³-hybridized carbons (Fsp3) is 0.500. The van der Waals surface area contributed by atoms with Crippen LogP contribution in [0.3, 0.4) is 0 Å². The molecule has 3 nitrogen and oxygen atoms in total. The first-order valence-corrected chi connectivity index (χ1v) is 6.39. The second kappa shape index (κ2) is 6.28. The highest BCUT2D eigenvalue weighted by Crippen LogP contribution is 2.19. The zero-order chi connectivity index (χ0) is 11.9. The van der Waals surface area contributed by atoms with Crippen molar-refractivity contribution >= 4 is 12.0 Å². The summed E-state index contributed by atoms with van der Waals surface area (Å²) in [5, 5.41) is 0. The van der Waals surface area contributed by atoms with Crippen molar-refractivity contribution in [3.05, 3.63) is 24.3 Å². The molecule has 0 bridgehead atoms. The van der Waals surface area contributed by atoms with Gasteiger partial charge < -0.3 is 9.64 Å². The van der Waals surface area contributed by atoms with Crippen molar-refractivity contribution in [2.24, 2.45) is 4.99 Å². The lowest BCUT2D eigenvalue weighted by Gasteiger charge is -2.23. The molecular formula is C14H20N2O. The fourth-order valence-corrected chi connectivity index (χ4v) is 2.00. The van der Waals surface area contributed by atoms with E-state index in [1.165, 1.54) is 19.3 Å². The van der Waals surface area contributed by atoms with E-state index in [9.17, 15) is 0 Å². The summed E-state index contributed by atoms with van der Waals surface area (Å²) in [4.78, 5) is 6.78. The van der Waals surface area contributed by atoms with Crippen LogP contribution in [-0.4, -0.2) is 30.9 Å². The SMILES string of the molecule is CCOc1cccc(N=CN2CCCCC2)c1. The molecule has 1 fully saturated rings. The van der Waals surface area contributed by atoms with Gasteiger partial charge in [-0.05, 0) is 38.3 Å². The third-order valence-corrected chi connectivity index (χ3v) is 2.89. The van der Waals surface area contributed by atoms with E-state index in [-0.39, 0.29) is 0 Å². The maximum Gasteiger partial charge on any atom is 0.121 e. The van der Waals surface area contributed by atoms with Crippen molar-refractivity contribution in [3.63, 3.8) is 0 Å². The number of nitrogens with zero attached hydrogens (tertiary/aromatic N) is 2. The lowest BCUT2D eigenvalue weighted by molar-refractivity contribution is 0.340. The molecule has 1 aromatic rings. The Labute approximate surface area is 103 Å². The van der Waals surface area contributed by atoms with Gasteiger partial charge in [0.2, 0.25) is 0 Å². The first-order chi connectivity index (χ1) is 8.38. The number of aliphatic imine (C=N–C) groups is 1. The zero-order valence-electron chi connectivity index (χ0n) is 10.4. The number of rotatable bonds is 4. The second-order valence-electron chi connectivity index (χ2n) is 4.27. The predicted octanol–water partition coefficient (Wildman–Crippen LogP) is 3.23. The Morgan fingerprint density at radius 1 is 1.29 bits per heavy atom. The summed E-state index contributed by atoms with van der Waals surface area (Å²) >= 11 is 0. The highest BCUT2D eigenvalue weighted by molar-refractivity contribution is 5.62. The zero-order valence-corrected chi connectivity index (χ0v) is 10.4. The number of piperidine rings is 1. The highest BCUT2D eigenvalue weighted by Gasteiger charge is 2.05. The van der Waals surface area contributed by atoms with Gasteiger partial charge in [0.25, 0.3) is 0 Å². The summed E-state index contributed by atoms with van der Waals surface area (Å²) in [7, 11) is 0. The molecule has 0 aliphatic carbocycles. The van der Waals surface area contributed by atoms with Crippen LogP contribution in [0.15, 0.2) is 29.3 Å². The molecule has 3 heteroatoms. The molecule has 92 valence electrons. The number of hydrogen-bond donors (Lipinski definition) is 0. The lowest BCUT2D eigenvalue weighted by Crippen LogP contribution is -2.27. The van der Waals surface area contributed by atoms with Gasteiger partial charge >= 0.3 is 0 Å². The molecule has 0 N–H and O–H groups in total. The molecule has 0 atom stereocenters. The third kappa shape index (κ3) is 3.77. The van der Waals surface area contributed by atoms with E-state index in [2.05, 4.69) is 9.89 Å². The summed E-state index contributed by atoms with van der Waals surface area (Å²) in [6.45, 7) is 4.95. The Kier molecular flexibility index (Phi) is 4.42. The van der Waals surface area contributed by atoms with E-state index in [4.69, 9.17) is 4.74 Å². The van der Waals surface area contributed by atoms with Crippen molar-refractivity contribution in [2.45, 2.75) is 26.2 Å². The smallest absolute Gasteiger partial charge is 0.121 e. The molecule has 0 radical (unpaired) electrons. The van der Waals surface area contributed by atoms with Crippen LogP contribution in [0.1, 0.15) is 26.2 Å². The summed E-state index contributed by atoms with van der Waals surface area (Å²) in [6.07, 6.45) is 5.88. The topological polar surface area (TPSA) is 24.8 Å². The summed E-state index contributed by atoms with van der Waals surface area (Å²) in [5.74, 6) is 0.890. The van der Waals surface area contributed by atoms with E-state index in [0.29, 0.717) is 6.61 Å². The fourth-order valence-electron chi connectivity index (χ4n) is 2.00. The van der Waals surface area contributed by atoms with E-state index < -0.39 is 0 Å². The standard InChI is InChI=1S/C14H20N2O/c1-2-17-14-8-6-7-13(11-14)15-12-16-9-4-3-5-10-16/h6-8,11-12H,2-5,9-10H2,1H3. The predicted molar refractivity (Wildman–Crippen MR) is 71.2 cm³/mol. The average Bonchev–Trinajstić information content (AvgIpc) is 2.39. The first kappa shape index (κ1) is 12.0. The van der Waals surface area contributed by atoms with E-state index in [1.807, 2.05) is 37.5 Å². The van der Waals surface area contributed by atoms with Crippen LogP contribution in [0.2, 0.25) is 0 Å². The number of hydrogen-bond acceptors (Lipinski definition) is 2. The van der Waals surface area contributed by atoms with E-state index >= 15 is 0 Å². The molecule has 1 aliphatic heterocycles. The van der Waals surface area contributed by atoms with Gasteiger partial charge in [-0.25, -0.2) is 4.99 Å². The second-order valence-corrected chi connectivity index (χ2v) is 4.27. The van der Waals surface area contributed by atoms with E-state index in [0.717, 1.165) is 24.5 Å². The number of benzene rings is 1. The maximum atomic E-state index is 5.45. The van der Waals surface area contributed by atoms with Crippen LogP contribution in [-0.2, 0) is 0 Å². The quantitative estimate of drug-likeness (QED) is 0.588. The van der Waals surface area contributed by atoms with Gasteiger partial charge in [0, 0.05) is 19.2 Å². The van der Waals surface area contributed by atoms with Gasteiger partial charge in [-0.2, -0.15) is 0 Å². The van der Waals surface area contributed by atoms with Crippen molar-refractivity contribution in [3.8, 4) is 5.75 Å². The van der Waals surface area contributed by atoms with Crippen LogP contribution in [0, 0.1) is 0 Å². The Morgan fingerprint density at radius 2 is 2.12 bits per heavy atom. The van der Waals surface area contributed by atoms with Gasteiger partial charge in [0.05, 0.1) is 18.6 Å². The van der Waals surface area contributed by atoms with Crippen molar-refractivity contribution in [2.75, 3.05) is 19.7 Å². The molecule has 1 heterocycles. The molecule has 0 amide bonds. The van der Waals surface area contributed by atoms with Gasteiger partial charge in [0.15, 0.2) is 0 Å².